The third-order valence-electron chi connectivity index (χ3n) is 7.47. The van der Waals surface area contributed by atoms with E-state index in [1.165, 1.54) is 0 Å². The average molecular weight is 477 g/mol. The van der Waals surface area contributed by atoms with E-state index in [-0.39, 0.29) is 11.8 Å². The molecule has 0 aromatic carbocycles. The van der Waals surface area contributed by atoms with E-state index in [1.807, 2.05) is 0 Å². The molecule has 8 unspecified atom stereocenters. The fraction of sp³-hybridized carbons (Fsp3) is 0.769. The second-order valence-corrected chi connectivity index (χ2v) is 12.1. The minimum Gasteiger partial charge on any atom is -0.457 e. The molecule has 4 rings (SSSR count). The van der Waals surface area contributed by atoms with E-state index in [9.17, 15) is 19.2 Å². The summed E-state index contributed by atoms with van der Waals surface area (Å²) in [6.07, 6.45) is 6.29. The lowest BCUT2D eigenvalue weighted by Gasteiger charge is -2.39. The van der Waals surface area contributed by atoms with Crippen LogP contribution in [0.1, 0.15) is 54.4 Å². The van der Waals surface area contributed by atoms with E-state index >= 15 is 0 Å². The summed E-state index contributed by atoms with van der Waals surface area (Å²) in [6.45, 7) is 9.44. The van der Waals surface area contributed by atoms with Crippen LogP contribution in [0.15, 0.2) is 12.2 Å². The van der Waals surface area contributed by atoms with Gasteiger partial charge in [-0.3, -0.25) is 9.59 Å². The molecule has 4 bridgehead atoms. The van der Waals surface area contributed by atoms with Gasteiger partial charge in [0.05, 0.1) is 11.8 Å². The lowest BCUT2D eigenvalue weighted by molar-refractivity contribution is -0.177. The Morgan fingerprint density at radius 2 is 1.06 bits per heavy atom. The van der Waals surface area contributed by atoms with Crippen LogP contribution in [-0.4, -0.2) is 48.3 Å². The van der Waals surface area contributed by atoms with Gasteiger partial charge in [0, 0.05) is 0 Å². The summed E-state index contributed by atoms with van der Waals surface area (Å²) in [4.78, 5) is 50.5. The van der Waals surface area contributed by atoms with Gasteiger partial charge in [-0.2, -0.15) is 0 Å². The maximum Gasteiger partial charge on any atom is 0.344 e. The third-order valence-corrected chi connectivity index (χ3v) is 7.47. The molecule has 0 heterocycles. The van der Waals surface area contributed by atoms with Crippen LogP contribution in [0, 0.1) is 47.3 Å². The SMILES string of the molecule is CC(C)(C)OC(=O)COC(=O)C1C2CC(C1C(=O)OCC(=O)OC(C)(C)C)C1C3C=CC(C3)C21. The average Bonchev–Trinajstić information content (AvgIpc) is 3.45. The highest BCUT2D eigenvalue weighted by Gasteiger charge is 2.68. The van der Waals surface area contributed by atoms with E-state index < -0.39 is 60.1 Å². The predicted octanol–water partition coefficient (Wildman–Crippen LogP) is 3.08. The zero-order chi connectivity index (χ0) is 25.0. The molecule has 8 heteroatoms. The fourth-order valence-electron chi connectivity index (χ4n) is 6.87. The lowest BCUT2D eigenvalue weighted by Crippen LogP contribution is -2.45. The zero-order valence-electron chi connectivity index (χ0n) is 20.9. The van der Waals surface area contributed by atoms with E-state index in [2.05, 4.69) is 12.2 Å². The maximum atomic E-state index is 13.2. The third kappa shape index (κ3) is 4.86. The van der Waals surface area contributed by atoms with Crippen molar-refractivity contribution in [2.24, 2.45) is 47.3 Å². The van der Waals surface area contributed by atoms with Gasteiger partial charge in [-0.1, -0.05) is 12.2 Å². The van der Waals surface area contributed by atoms with Crippen LogP contribution in [0.5, 0.6) is 0 Å². The van der Waals surface area contributed by atoms with Gasteiger partial charge in [0.1, 0.15) is 11.2 Å². The monoisotopic (exact) mass is 476 g/mol. The molecule has 0 saturated heterocycles. The normalized spacial score (nSPS) is 35.1. The molecule has 3 fully saturated rings. The van der Waals surface area contributed by atoms with Crippen molar-refractivity contribution in [2.75, 3.05) is 13.2 Å². The molecule has 0 aromatic heterocycles. The minimum absolute atomic E-state index is 0.000151. The largest absolute Gasteiger partial charge is 0.457 e. The molecule has 8 atom stereocenters. The first-order chi connectivity index (χ1) is 15.7. The van der Waals surface area contributed by atoms with Crippen LogP contribution in [0.25, 0.3) is 0 Å². The molecule has 0 amide bonds. The van der Waals surface area contributed by atoms with Gasteiger partial charge in [0.25, 0.3) is 0 Å². The Kier molecular flexibility index (Phi) is 6.32. The van der Waals surface area contributed by atoms with Crippen LogP contribution in [-0.2, 0) is 38.1 Å². The zero-order valence-corrected chi connectivity index (χ0v) is 20.9. The standard InChI is InChI=1S/C26H36O8/c1-25(2,3)33-17(27)11-31-23(29)21-15-10-16(20-14-8-7-13(9-14)19(15)20)22(21)24(30)32-12-18(28)34-26(4,5)6/h7-8,13-16,19-22H,9-12H2,1-6H3. The molecule has 0 N–H and O–H groups in total. The Bertz CT molecular complexity index is 821. The summed E-state index contributed by atoms with van der Waals surface area (Å²) in [5.41, 5.74) is -1.38. The summed E-state index contributed by atoms with van der Waals surface area (Å²) >= 11 is 0. The highest BCUT2D eigenvalue weighted by molar-refractivity contribution is 5.86. The number of ether oxygens (including phenoxy) is 4. The first-order valence-electron chi connectivity index (χ1n) is 12.2. The van der Waals surface area contributed by atoms with Crippen LogP contribution < -0.4 is 0 Å². The molecule has 188 valence electrons. The van der Waals surface area contributed by atoms with Crippen molar-refractivity contribution in [1.29, 1.82) is 0 Å². The molecule has 0 spiro atoms. The van der Waals surface area contributed by atoms with Crippen molar-refractivity contribution in [2.45, 2.75) is 65.6 Å². The van der Waals surface area contributed by atoms with Gasteiger partial charge in [0.15, 0.2) is 13.2 Å². The Balaban J connectivity index is 1.46. The maximum absolute atomic E-state index is 13.2. The number of carbonyl (C=O) groups excluding carboxylic acids is 4. The van der Waals surface area contributed by atoms with E-state index in [0.717, 1.165) is 12.8 Å². The number of esters is 4. The van der Waals surface area contributed by atoms with Crippen molar-refractivity contribution in [3.05, 3.63) is 12.2 Å². The highest BCUT2D eigenvalue weighted by Crippen LogP contribution is 2.69. The lowest BCUT2D eigenvalue weighted by atomic mass is 9.65. The molecule has 8 nitrogen and oxygen atoms in total. The van der Waals surface area contributed by atoms with Crippen LogP contribution in [0.2, 0.25) is 0 Å². The predicted molar refractivity (Wildman–Crippen MR) is 120 cm³/mol. The topological polar surface area (TPSA) is 105 Å². The quantitative estimate of drug-likeness (QED) is 0.249. The smallest absolute Gasteiger partial charge is 0.344 e. The van der Waals surface area contributed by atoms with E-state index in [0.29, 0.717) is 23.7 Å². The van der Waals surface area contributed by atoms with Crippen LogP contribution in [0.4, 0.5) is 0 Å². The van der Waals surface area contributed by atoms with Gasteiger partial charge in [0.2, 0.25) is 0 Å². The van der Waals surface area contributed by atoms with Crippen molar-refractivity contribution < 1.29 is 38.1 Å². The molecule has 4 aliphatic carbocycles. The minimum atomic E-state index is -0.688. The fourth-order valence-corrected chi connectivity index (χ4v) is 6.87. The second-order valence-electron chi connectivity index (χ2n) is 12.1. The summed E-state index contributed by atoms with van der Waals surface area (Å²) in [6, 6.07) is 0. The Hall–Kier alpha value is -2.38. The molecule has 4 aliphatic rings. The highest BCUT2D eigenvalue weighted by atomic mass is 16.6. The number of allylic oxidation sites excluding steroid dienone is 2. The van der Waals surface area contributed by atoms with Crippen molar-refractivity contribution in [1.82, 2.24) is 0 Å². The summed E-state index contributed by atoms with van der Waals surface area (Å²) in [5, 5.41) is 0. The molecule has 34 heavy (non-hydrogen) atoms. The van der Waals surface area contributed by atoms with Gasteiger partial charge < -0.3 is 18.9 Å². The van der Waals surface area contributed by atoms with E-state index in [1.54, 1.807) is 41.5 Å². The van der Waals surface area contributed by atoms with Gasteiger partial charge in [-0.25, -0.2) is 9.59 Å². The molecule has 3 saturated carbocycles. The molecule has 0 radical (unpaired) electrons. The number of hydrogen-bond donors (Lipinski definition) is 0. The van der Waals surface area contributed by atoms with Crippen molar-refractivity contribution >= 4 is 23.9 Å². The number of hydrogen-bond acceptors (Lipinski definition) is 8. The number of fused-ring (bicyclic) bond motifs is 9. The summed E-state index contributed by atoms with van der Waals surface area (Å²) in [5.74, 6) is -2.24. The van der Waals surface area contributed by atoms with Crippen molar-refractivity contribution in [3.8, 4) is 0 Å². The summed E-state index contributed by atoms with van der Waals surface area (Å²) < 4.78 is 21.2. The number of carbonyl (C=O) groups is 4. The summed E-state index contributed by atoms with van der Waals surface area (Å²) in [7, 11) is 0. The molecule has 0 aliphatic heterocycles. The van der Waals surface area contributed by atoms with Gasteiger partial charge in [-0.05, 0) is 89.9 Å². The molecule has 0 aromatic rings. The molecular formula is C26H36O8. The van der Waals surface area contributed by atoms with Crippen LogP contribution >= 0.6 is 0 Å². The first-order valence-corrected chi connectivity index (χ1v) is 12.2. The Morgan fingerprint density at radius 1 is 0.676 bits per heavy atom. The van der Waals surface area contributed by atoms with Gasteiger partial charge in [-0.15, -0.1) is 0 Å². The van der Waals surface area contributed by atoms with Gasteiger partial charge >= 0.3 is 23.9 Å². The van der Waals surface area contributed by atoms with E-state index in [4.69, 9.17) is 18.9 Å². The van der Waals surface area contributed by atoms with Crippen LogP contribution in [0.3, 0.4) is 0 Å². The molecular weight excluding hydrogens is 440 g/mol. The van der Waals surface area contributed by atoms with Crippen molar-refractivity contribution in [3.63, 3.8) is 0 Å². The Labute approximate surface area is 200 Å². The Morgan fingerprint density at radius 3 is 1.41 bits per heavy atom. The number of rotatable bonds is 6. The first kappa shape index (κ1) is 24.7. The second kappa shape index (κ2) is 8.68.